The molecule has 3 fully saturated rings. The lowest BCUT2D eigenvalue weighted by Crippen LogP contribution is -2.41. The van der Waals surface area contributed by atoms with Crippen LogP contribution in [0.25, 0.3) is 86.2 Å². The van der Waals surface area contributed by atoms with Crippen LogP contribution in [-0.4, -0.2) is 11.6 Å². The number of carbonyl (C=O) groups excluding carboxylic acids is 2. The lowest BCUT2D eigenvalue weighted by Gasteiger charge is -2.48. The molecule has 15 rings (SSSR count). The summed E-state index contributed by atoms with van der Waals surface area (Å²) in [5, 5.41) is 22.1. The van der Waals surface area contributed by atoms with Crippen molar-refractivity contribution in [1.29, 1.82) is 0 Å². The summed E-state index contributed by atoms with van der Waals surface area (Å²) in [6, 6.07) is 80.3. The van der Waals surface area contributed by atoms with Crippen molar-refractivity contribution in [1.82, 2.24) is 0 Å². The molecule has 12 aromatic carbocycles. The van der Waals surface area contributed by atoms with Crippen LogP contribution in [0.3, 0.4) is 0 Å². The Morgan fingerprint density at radius 2 is 0.591 bits per heavy atom. The molecule has 0 spiro atoms. The van der Waals surface area contributed by atoms with Crippen molar-refractivity contribution in [2.45, 2.75) is 246 Å². The van der Waals surface area contributed by atoms with Crippen molar-refractivity contribution in [3.8, 4) is 0 Å². The minimum absolute atomic E-state index is 0.295. The van der Waals surface area contributed by atoms with E-state index in [9.17, 15) is 9.59 Å². The van der Waals surface area contributed by atoms with Gasteiger partial charge in [-0.1, -0.05) is 370 Å². The number of rotatable bonds is 28. The maximum Gasteiger partial charge on any atom is 0.133 e. The van der Waals surface area contributed by atoms with Crippen LogP contribution in [0.5, 0.6) is 0 Å². The number of fused-ring (bicyclic) bond motifs is 8. The second-order valence-corrected chi connectivity index (χ2v) is 38.5. The van der Waals surface area contributed by atoms with E-state index in [0.717, 1.165) is 54.8 Å². The van der Waals surface area contributed by atoms with Gasteiger partial charge in [-0.25, -0.2) is 0 Å². The summed E-state index contributed by atoms with van der Waals surface area (Å²) in [5.74, 6) is 14.5. The zero-order valence-corrected chi connectivity index (χ0v) is 74.5. The van der Waals surface area contributed by atoms with E-state index < -0.39 is 0 Å². The van der Waals surface area contributed by atoms with Gasteiger partial charge in [0.15, 0.2) is 0 Å². The molecule has 2 nitrogen and oxygen atoms in total. The van der Waals surface area contributed by atoms with Crippen molar-refractivity contribution in [2.24, 2.45) is 107 Å². The first kappa shape index (κ1) is 86.4. The smallest absolute Gasteiger partial charge is 0.133 e. The van der Waals surface area contributed by atoms with Gasteiger partial charge in [0.05, 0.1) is 0 Å². The van der Waals surface area contributed by atoms with Gasteiger partial charge in [-0.3, -0.25) is 9.59 Å². The molecule has 3 saturated carbocycles. The van der Waals surface area contributed by atoms with Crippen LogP contribution < -0.4 is 0 Å². The van der Waals surface area contributed by atoms with Crippen LogP contribution in [0, 0.1) is 107 Å². The minimum atomic E-state index is 0.295. The van der Waals surface area contributed by atoms with E-state index in [0.29, 0.717) is 106 Å². The van der Waals surface area contributed by atoms with Gasteiger partial charge in [-0.15, -0.1) is 0 Å². The lowest BCUT2D eigenvalue weighted by atomic mass is 9.58. The van der Waals surface area contributed by atoms with Gasteiger partial charge in [0.1, 0.15) is 11.6 Å². The Morgan fingerprint density at radius 1 is 0.304 bits per heavy atom. The molecule has 0 heterocycles. The van der Waals surface area contributed by atoms with Crippen molar-refractivity contribution in [3.63, 3.8) is 0 Å². The average molecular weight is 1530 g/mol. The maximum atomic E-state index is 12.7. The summed E-state index contributed by atoms with van der Waals surface area (Å²) in [4.78, 5) is 24.9. The van der Waals surface area contributed by atoms with Gasteiger partial charge in [-0.05, 0) is 297 Å². The zero-order chi connectivity index (χ0) is 82.1. The Morgan fingerprint density at radius 3 is 0.887 bits per heavy atom. The van der Waals surface area contributed by atoms with E-state index in [2.05, 4.69) is 343 Å². The third-order valence-electron chi connectivity index (χ3n) is 30.3. The summed E-state index contributed by atoms with van der Waals surface area (Å²) in [5.41, 5.74) is 6.08. The standard InChI is InChI=1S/C35H48O.C31H42.C28H34O.C19H20/c1-6-7-8-9-10-11-12-21-31-34(26(5)36)35(31)32(24(2)3)22-25(4)33-29-19-15-13-17-27(29)23-28-18-14-16-20-30(28)33;1-19(2)27(16-17-28-23(6)21(4)20(3)22(5)24(28)7)31-29-14-10-8-12-25(29)18-26-13-9-11-15-30(26)31;1-6-22-27(19(5)29)28(22)25(17(2)3)15-18(4)26-23-13-9-7-11-20(23)16-21-12-8-10-14-24(21)26;1-13(2)14(3)19-17-10-6-4-8-15(17)12-16-9-5-7-11-18(16)19/h13-20,23-25,31-32,34-35H,6-12,21-22H2,1-5H3;8-15,18-24,27-28H,16-17H2,1-7H3;7-14,16-18,22,25,27-28H,6,15H2,1-5H3;4-14H,1-3H3/t25?,31?,32-,34?,35?;;18?,22?,25-,27?,28?;/m1.1./s1. The van der Waals surface area contributed by atoms with Gasteiger partial charge < -0.3 is 0 Å². The predicted molar refractivity (Wildman–Crippen MR) is 503 cm³/mol. The minimum Gasteiger partial charge on any atom is -0.300 e. The Bertz CT molecular complexity index is 4990. The highest BCUT2D eigenvalue weighted by Crippen LogP contribution is 2.60. The Balaban J connectivity index is 0.000000144. The highest BCUT2D eigenvalue weighted by Gasteiger charge is 2.57. The largest absolute Gasteiger partial charge is 0.300 e. The fourth-order valence-electron chi connectivity index (χ4n) is 23.0. The fourth-order valence-corrected chi connectivity index (χ4v) is 23.0. The van der Waals surface area contributed by atoms with Gasteiger partial charge in [0.2, 0.25) is 0 Å². The van der Waals surface area contributed by atoms with Crippen LogP contribution in [0.1, 0.15) is 268 Å². The quantitative estimate of drug-likeness (QED) is 0.0362. The molecule has 12 aromatic rings. The molecule has 0 N–H and O–H groups in total. The molecule has 0 saturated heterocycles. The van der Waals surface area contributed by atoms with E-state index in [-0.39, 0.29) is 0 Å². The van der Waals surface area contributed by atoms with Crippen molar-refractivity contribution < 1.29 is 9.59 Å². The monoisotopic (exact) mass is 1530 g/mol. The summed E-state index contributed by atoms with van der Waals surface area (Å²) in [6.07, 6.45) is 16.8. The summed E-state index contributed by atoms with van der Waals surface area (Å²) in [6.45, 7) is 46.9. The molecule has 608 valence electrons. The van der Waals surface area contributed by atoms with Gasteiger partial charge in [-0.2, -0.15) is 0 Å². The second-order valence-electron chi connectivity index (χ2n) is 38.5. The summed E-state index contributed by atoms with van der Waals surface area (Å²) < 4.78 is 0. The average Bonchev–Trinajstić information content (AvgIpc) is 1.60. The molecule has 2 heteroatoms. The first-order valence-corrected chi connectivity index (χ1v) is 46.0. The van der Waals surface area contributed by atoms with E-state index >= 15 is 0 Å². The van der Waals surface area contributed by atoms with Crippen LogP contribution in [-0.2, 0) is 9.59 Å². The van der Waals surface area contributed by atoms with Crippen LogP contribution >= 0.6 is 0 Å². The van der Waals surface area contributed by atoms with Crippen molar-refractivity contribution in [3.05, 3.63) is 241 Å². The van der Waals surface area contributed by atoms with E-state index in [1.54, 1.807) is 12.5 Å². The number of carbonyl (C=O) groups is 2. The van der Waals surface area contributed by atoms with E-state index in [1.165, 1.54) is 167 Å². The first-order valence-electron chi connectivity index (χ1n) is 46.0. The molecule has 3 aliphatic rings. The van der Waals surface area contributed by atoms with Gasteiger partial charge in [0, 0.05) is 11.8 Å². The number of unbranched alkanes of at least 4 members (excludes halogenated alkanes) is 6. The van der Waals surface area contributed by atoms with E-state index in [4.69, 9.17) is 0 Å². The third kappa shape index (κ3) is 19.3. The number of ketones is 2. The number of Topliss-reactive ketones (excluding diaryl/α,β-unsaturated/α-hetero) is 2. The van der Waals surface area contributed by atoms with Crippen molar-refractivity contribution in [2.75, 3.05) is 0 Å². The lowest BCUT2D eigenvalue weighted by molar-refractivity contribution is -0.119. The summed E-state index contributed by atoms with van der Waals surface area (Å²) in [7, 11) is 0. The molecule has 14 unspecified atom stereocenters. The molecular weight excluding hydrogens is 1390 g/mol. The molecule has 0 bridgehead atoms. The molecule has 0 amide bonds. The van der Waals surface area contributed by atoms with Gasteiger partial charge in [0.25, 0.3) is 0 Å². The SMILES string of the molecule is CC(C)C(C)c1c2ccccc2cc2ccccc12.CC(C)C(CCC1C(C)C(C)C(C)C(C)C1C)c1c2ccccc2cc2ccccc12.CCC1C(C(C)=O)C1[C@H](CC(C)c1c2ccccc2cc2ccccc12)C(C)C.CCCCCCCCCC1C(C(C)=O)C1[C@H](CC(C)c1c2ccccc2cc2ccccc12)C(C)C. The summed E-state index contributed by atoms with van der Waals surface area (Å²) >= 11 is 0. The van der Waals surface area contributed by atoms with Crippen LogP contribution in [0.4, 0.5) is 0 Å². The second kappa shape index (κ2) is 39.1. The highest BCUT2D eigenvalue weighted by atomic mass is 16.1. The maximum absolute atomic E-state index is 12.7. The Hall–Kier alpha value is -7.94. The highest BCUT2D eigenvalue weighted by molar-refractivity contribution is 6.06. The van der Waals surface area contributed by atoms with Gasteiger partial charge >= 0.3 is 0 Å². The molecular formula is C113H144O2. The topological polar surface area (TPSA) is 34.1 Å². The zero-order valence-electron chi connectivity index (χ0n) is 74.5. The fraction of sp³-hybridized carbons (Fsp3) is 0.487. The Labute approximate surface area is 695 Å². The van der Waals surface area contributed by atoms with E-state index in [1.807, 2.05) is 6.92 Å². The normalized spacial score (nSPS) is 22.9. The van der Waals surface area contributed by atoms with Crippen LogP contribution in [0.2, 0.25) is 0 Å². The van der Waals surface area contributed by atoms with Crippen molar-refractivity contribution >= 4 is 97.7 Å². The molecule has 115 heavy (non-hydrogen) atoms. The number of benzene rings is 12. The molecule has 0 aliphatic heterocycles. The number of hydrogen-bond donors (Lipinski definition) is 0. The third-order valence-corrected chi connectivity index (χ3v) is 30.3. The molecule has 0 radical (unpaired) electrons. The molecule has 0 aromatic heterocycles. The first-order chi connectivity index (χ1) is 55.4. The number of hydrogen-bond acceptors (Lipinski definition) is 2. The predicted octanol–water partition coefficient (Wildman–Crippen LogP) is 33.0. The Kier molecular flexibility index (Phi) is 29.4. The molecule has 3 aliphatic carbocycles. The molecule has 16 atom stereocenters. The van der Waals surface area contributed by atoms with Crippen LogP contribution in [0.15, 0.2) is 218 Å².